The van der Waals surface area contributed by atoms with E-state index in [9.17, 15) is 0 Å². The fourth-order valence-electron chi connectivity index (χ4n) is 2.84. The van der Waals surface area contributed by atoms with Crippen LogP contribution in [0.25, 0.3) is 0 Å². The molecule has 2 aromatic carbocycles. The van der Waals surface area contributed by atoms with E-state index in [1.54, 1.807) is 0 Å². The molecule has 2 aromatic rings. The Kier molecular flexibility index (Phi) is 14.3. The van der Waals surface area contributed by atoms with Gasteiger partial charge in [0.05, 0.1) is 6.61 Å². The van der Waals surface area contributed by atoms with Crippen LogP contribution in [0.5, 0.6) is 0 Å². The highest BCUT2D eigenvalue weighted by atomic mass is 127. The molecule has 2 rings (SSSR count). The number of aliphatic imine (C=N–C) groups is 1. The first-order valence-corrected chi connectivity index (χ1v) is 9.98. The summed E-state index contributed by atoms with van der Waals surface area (Å²) in [5.41, 5.74) is 2.72. The van der Waals surface area contributed by atoms with Crippen molar-refractivity contribution in [1.82, 2.24) is 10.6 Å². The molecule has 28 heavy (non-hydrogen) atoms. The maximum absolute atomic E-state index is 5.72. The van der Waals surface area contributed by atoms with Crippen molar-refractivity contribution in [2.75, 3.05) is 33.4 Å². The van der Waals surface area contributed by atoms with Gasteiger partial charge in [-0.2, -0.15) is 0 Å². The van der Waals surface area contributed by atoms with Gasteiger partial charge in [-0.05, 0) is 43.2 Å². The van der Waals surface area contributed by atoms with Gasteiger partial charge in [0.25, 0.3) is 0 Å². The summed E-state index contributed by atoms with van der Waals surface area (Å²) in [6.45, 7) is 3.46. The fourth-order valence-corrected chi connectivity index (χ4v) is 2.84. The minimum absolute atomic E-state index is 0. The third kappa shape index (κ3) is 11.3. The van der Waals surface area contributed by atoms with E-state index in [2.05, 4.69) is 70.2 Å². The zero-order valence-electron chi connectivity index (χ0n) is 16.9. The lowest BCUT2D eigenvalue weighted by Gasteiger charge is -2.12. The number of aryl methyl sites for hydroxylation is 1. The molecule has 0 saturated carbocycles. The summed E-state index contributed by atoms with van der Waals surface area (Å²) in [5.74, 6) is 0.882. The summed E-state index contributed by atoms with van der Waals surface area (Å²) in [7, 11) is 1.82. The molecule has 0 heterocycles. The first kappa shape index (κ1) is 24.4. The van der Waals surface area contributed by atoms with Gasteiger partial charge in [-0.1, -0.05) is 60.7 Å². The molecule has 0 aliphatic rings. The average molecular weight is 495 g/mol. The van der Waals surface area contributed by atoms with E-state index in [4.69, 9.17) is 4.74 Å². The molecule has 0 fully saturated rings. The van der Waals surface area contributed by atoms with Crippen molar-refractivity contribution in [2.24, 2.45) is 4.99 Å². The summed E-state index contributed by atoms with van der Waals surface area (Å²) in [6.07, 6.45) is 5.31. The van der Waals surface area contributed by atoms with Crippen LogP contribution in [0.2, 0.25) is 0 Å². The third-order valence-corrected chi connectivity index (χ3v) is 4.39. The Hall–Kier alpha value is -1.60. The highest BCUT2D eigenvalue weighted by Gasteiger charge is 1.98. The Morgan fingerprint density at radius 3 is 1.93 bits per heavy atom. The van der Waals surface area contributed by atoms with Crippen molar-refractivity contribution in [3.63, 3.8) is 0 Å². The summed E-state index contributed by atoms with van der Waals surface area (Å²) in [6, 6.07) is 21.1. The molecule has 0 saturated heterocycles. The second-order valence-corrected chi connectivity index (χ2v) is 6.57. The molecular weight excluding hydrogens is 461 g/mol. The van der Waals surface area contributed by atoms with Crippen LogP contribution in [-0.2, 0) is 17.6 Å². The van der Waals surface area contributed by atoms with E-state index in [0.29, 0.717) is 0 Å². The summed E-state index contributed by atoms with van der Waals surface area (Å²) in [4.78, 5) is 4.28. The van der Waals surface area contributed by atoms with Crippen LogP contribution >= 0.6 is 24.0 Å². The van der Waals surface area contributed by atoms with Gasteiger partial charge in [-0.15, -0.1) is 24.0 Å². The number of nitrogens with one attached hydrogen (secondary N) is 2. The van der Waals surface area contributed by atoms with Crippen molar-refractivity contribution >= 4 is 29.9 Å². The van der Waals surface area contributed by atoms with Crippen LogP contribution in [-0.4, -0.2) is 39.3 Å². The van der Waals surface area contributed by atoms with Gasteiger partial charge in [-0.3, -0.25) is 4.99 Å². The molecule has 0 aliphatic heterocycles. The normalized spacial score (nSPS) is 11.0. The summed E-state index contributed by atoms with van der Waals surface area (Å²) in [5, 5.41) is 6.74. The van der Waals surface area contributed by atoms with Crippen molar-refractivity contribution in [2.45, 2.75) is 32.1 Å². The first-order chi connectivity index (χ1) is 13.4. The molecule has 0 aromatic heterocycles. The van der Waals surface area contributed by atoms with Crippen molar-refractivity contribution in [3.8, 4) is 0 Å². The van der Waals surface area contributed by atoms with Gasteiger partial charge in [0, 0.05) is 26.7 Å². The molecule has 154 valence electrons. The average Bonchev–Trinajstić information content (AvgIpc) is 2.73. The van der Waals surface area contributed by atoms with Crippen molar-refractivity contribution in [3.05, 3.63) is 71.8 Å². The topological polar surface area (TPSA) is 45.7 Å². The third-order valence-electron chi connectivity index (χ3n) is 4.39. The van der Waals surface area contributed by atoms with Gasteiger partial charge < -0.3 is 15.4 Å². The summed E-state index contributed by atoms with van der Waals surface area (Å²) >= 11 is 0. The lowest BCUT2D eigenvalue weighted by atomic mass is 10.1. The number of unbranched alkanes of at least 4 members (excludes halogenated alkanes) is 1. The van der Waals surface area contributed by atoms with Crippen LogP contribution in [0.3, 0.4) is 0 Å². The first-order valence-electron chi connectivity index (χ1n) is 9.98. The van der Waals surface area contributed by atoms with Gasteiger partial charge in [0.2, 0.25) is 0 Å². The molecule has 0 aliphatic carbocycles. The molecular formula is C23H34IN3O. The number of benzene rings is 2. The van der Waals surface area contributed by atoms with Gasteiger partial charge in [0.15, 0.2) is 5.96 Å². The van der Waals surface area contributed by atoms with Crippen LogP contribution < -0.4 is 10.6 Å². The minimum Gasteiger partial charge on any atom is -0.381 e. The Morgan fingerprint density at radius 1 is 0.750 bits per heavy atom. The second kappa shape index (κ2) is 16.4. The maximum atomic E-state index is 5.72. The van der Waals surface area contributed by atoms with E-state index in [1.807, 2.05) is 13.1 Å². The maximum Gasteiger partial charge on any atom is 0.190 e. The van der Waals surface area contributed by atoms with Crippen LogP contribution in [0.4, 0.5) is 0 Å². The van der Waals surface area contributed by atoms with Crippen molar-refractivity contribution < 1.29 is 4.74 Å². The fraction of sp³-hybridized carbons (Fsp3) is 0.435. The molecule has 0 bridgehead atoms. The number of nitrogens with zero attached hydrogens (tertiary/aromatic N) is 1. The van der Waals surface area contributed by atoms with Gasteiger partial charge >= 0.3 is 0 Å². The van der Waals surface area contributed by atoms with E-state index >= 15 is 0 Å². The molecule has 0 unspecified atom stereocenters. The molecule has 5 heteroatoms. The number of hydrogen-bond donors (Lipinski definition) is 2. The highest BCUT2D eigenvalue weighted by Crippen LogP contribution is 2.01. The van der Waals surface area contributed by atoms with Gasteiger partial charge in [0.1, 0.15) is 0 Å². The van der Waals surface area contributed by atoms with E-state index in [1.165, 1.54) is 11.1 Å². The van der Waals surface area contributed by atoms with Gasteiger partial charge in [-0.25, -0.2) is 0 Å². The number of rotatable bonds is 12. The predicted octanol–water partition coefficient (Wildman–Crippen LogP) is 4.44. The lowest BCUT2D eigenvalue weighted by molar-refractivity contribution is 0.133. The number of halogens is 1. The van der Waals surface area contributed by atoms with E-state index in [0.717, 1.165) is 64.4 Å². The zero-order valence-corrected chi connectivity index (χ0v) is 19.2. The molecule has 0 atom stereocenters. The van der Waals surface area contributed by atoms with Crippen molar-refractivity contribution in [1.29, 1.82) is 0 Å². The van der Waals surface area contributed by atoms with E-state index < -0.39 is 0 Å². The highest BCUT2D eigenvalue weighted by molar-refractivity contribution is 14.0. The Balaban J connectivity index is 0.00000392. The largest absolute Gasteiger partial charge is 0.381 e. The van der Waals surface area contributed by atoms with Crippen LogP contribution in [0.1, 0.15) is 30.4 Å². The Labute approximate surface area is 187 Å². The predicted molar refractivity (Wildman–Crippen MR) is 130 cm³/mol. The molecule has 0 radical (unpaired) electrons. The molecule has 0 spiro atoms. The molecule has 2 N–H and O–H groups in total. The smallest absolute Gasteiger partial charge is 0.190 e. The lowest BCUT2D eigenvalue weighted by Crippen LogP contribution is -2.38. The second-order valence-electron chi connectivity index (χ2n) is 6.57. The quantitative estimate of drug-likeness (QED) is 0.198. The SMILES string of the molecule is CN=C(NCCCCOCCc1ccccc1)NCCCc1ccccc1.I. The zero-order chi connectivity index (χ0) is 19.0. The Bertz CT molecular complexity index is 635. The van der Waals surface area contributed by atoms with Crippen LogP contribution in [0.15, 0.2) is 65.7 Å². The minimum atomic E-state index is 0. The number of ether oxygens (including phenoxy) is 1. The number of hydrogen-bond acceptors (Lipinski definition) is 2. The Morgan fingerprint density at radius 2 is 1.32 bits per heavy atom. The standard InChI is InChI=1S/C23H33N3O.HI/c1-24-23(26-18-10-15-21-11-4-2-5-12-21)25-17-8-9-19-27-20-16-22-13-6-3-7-14-22;/h2-7,11-14H,8-10,15-20H2,1H3,(H2,24,25,26);1H. The monoisotopic (exact) mass is 495 g/mol. The van der Waals surface area contributed by atoms with E-state index in [-0.39, 0.29) is 24.0 Å². The number of guanidine groups is 1. The summed E-state index contributed by atoms with van der Waals surface area (Å²) < 4.78 is 5.72. The van der Waals surface area contributed by atoms with Crippen LogP contribution in [0, 0.1) is 0 Å². The molecule has 0 amide bonds. The molecule has 4 nitrogen and oxygen atoms in total.